The van der Waals surface area contributed by atoms with E-state index in [1.165, 1.54) is 5.69 Å². The lowest BCUT2D eigenvalue weighted by Gasteiger charge is -2.05. The van der Waals surface area contributed by atoms with Crippen LogP contribution in [0.3, 0.4) is 0 Å². The minimum atomic E-state index is 0.852. The van der Waals surface area contributed by atoms with Gasteiger partial charge in [0.2, 0.25) is 0 Å². The normalized spacial score (nSPS) is 10.9. The van der Waals surface area contributed by atoms with Crippen LogP contribution >= 0.6 is 0 Å². The Morgan fingerprint density at radius 3 is 2.88 bits per heavy atom. The molecule has 4 heteroatoms. The number of rotatable bonds is 8. The maximum Gasteiger partial charge on any atom is 0.0597 e. The van der Waals surface area contributed by atoms with Crippen LogP contribution < -0.4 is 5.32 Å². The second-order valence-corrected chi connectivity index (χ2v) is 4.04. The summed E-state index contributed by atoms with van der Waals surface area (Å²) in [5.74, 6) is 0. The van der Waals surface area contributed by atoms with Crippen molar-refractivity contribution in [2.75, 3.05) is 19.8 Å². The molecule has 0 aliphatic carbocycles. The molecule has 0 amide bonds. The van der Waals surface area contributed by atoms with Crippen LogP contribution in [0.25, 0.3) is 0 Å². The zero-order valence-electron chi connectivity index (χ0n) is 10.6. The summed E-state index contributed by atoms with van der Waals surface area (Å²) in [6.07, 6.45) is 2.17. The van der Waals surface area contributed by atoms with Crippen LogP contribution in [-0.2, 0) is 18.3 Å². The Kier molecular flexibility index (Phi) is 6.11. The third kappa shape index (κ3) is 4.77. The van der Waals surface area contributed by atoms with Crippen molar-refractivity contribution < 1.29 is 4.74 Å². The van der Waals surface area contributed by atoms with E-state index < -0.39 is 0 Å². The molecule has 0 saturated heterocycles. The van der Waals surface area contributed by atoms with Gasteiger partial charge in [-0.1, -0.05) is 6.92 Å². The molecule has 0 aliphatic rings. The van der Waals surface area contributed by atoms with Gasteiger partial charge in [-0.05, 0) is 32.4 Å². The highest BCUT2D eigenvalue weighted by Gasteiger charge is 2.00. The summed E-state index contributed by atoms with van der Waals surface area (Å²) < 4.78 is 7.33. The maximum absolute atomic E-state index is 5.41. The van der Waals surface area contributed by atoms with Crippen LogP contribution in [0.5, 0.6) is 0 Å². The minimum absolute atomic E-state index is 0.852. The lowest BCUT2D eigenvalue weighted by Crippen LogP contribution is -2.18. The van der Waals surface area contributed by atoms with Gasteiger partial charge in [-0.3, -0.25) is 4.68 Å². The zero-order chi connectivity index (χ0) is 11.8. The molecule has 0 radical (unpaired) electrons. The minimum Gasteiger partial charge on any atom is -0.381 e. The third-order valence-corrected chi connectivity index (χ3v) is 2.40. The topological polar surface area (TPSA) is 39.1 Å². The summed E-state index contributed by atoms with van der Waals surface area (Å²) in [7, 11) is 1.98. The maximum atomic E-state index is 5.41. The van der Waals surface area contributed by atoms with E-state index in [0.29, 0.717) is 0 Å². The molecule has 0 bridgehead atoms. The molecular formula is C12H23N3O. The largest absolute Gasteiger partial charge is 0.381 e. The highest BCUT2D eigenvalue weighted by Crippen LogP contribution is 2.00. The number of hydrogen-bond acceptors (Lipinski definition) is 3. The standard InChI is InChI=1S/C12H23N3O/c1-4-7-16-8-5-6-13-10-12-9-11(2)14-15(12)3/h9,13H,4-8,10H2,1-3H3. The van der Waals surface area contributed by atoms with Crippen LogP contribution in [0.15, 0.2) is 6.07 Å². The van der Waals surface area contributed by atoms with Gasteiger partial charge in [0.15, 0.2) is 0 Å². The number of aryl methyl sites for hydroxylation is 2. The predicted octanol–water partition coefficient (Wildman–Crippen LogP) is 1.63. The third-order valence-electron chi connectivity index (χ3n) is 2.40. The van der Waals surface area contributed by atoms with Crippen molar-refractivity contribution in [2.45, 2.75) is 33.2 Å². The lowest BCUT2D eigenvalue weighted by atomic mass is 10.3. The zero-order valence-corrected chi connectivity index (χ0v) is 10.6. The van der Waals surface area contributed by atoms with Gasteiger partial charge >= 0.3 is 0 Å². The Labute approximate surface area is 98.0 Å². The average molecular weight is 225 g/mol. The first-order valence-electron chi connectivity index (χ1n) is 6.02. The first kappa shape index (κ1) is 13.2. The lowest BCUT2D eigenvalue weighted by molar-refractivity contribution is 0.132. The SMILES string of the molecule is CCCOCCCNCc1cc(C)nn1C. The molecule has 92 valence electrons. The highest BCUT2D eigenvalue weighted by molar-refractivity contribution is 5.08. The summed E-state index contributed by atoms with van der Waals surface area (Å²) >= 11 is 0. The molecule has 0 spiro atoms. The quantitative estimate of drug-likeness (QED) is 0.684. The summed E-state index contributed by atoms with van der Waals surface area (Å²) in [4.78, 5) is 0. The van der Waals surface area contributed by atoms with Crippen LogP contribution in [0.2, 0.25) is 0 Å². The second kappa shape index (κ2) is 7.41. The molecule has 1 rings (SSSR count). The van der Waals surface area contributed by atoms with Gasteiger partial charge in [0, 0.05) is 26.8 Å². The van der Waals surface area contributed by atoms with Crippen molar-refractivity contribution in [1.82, 2.24) is 15.1 Å². The van der Waals surface area contributed by atoms with E-state index in [-0.39, 0.29) is 0 Å². The molecular weight excluding hydrogens is 202 g/mol. The van der Waals surface area contributed by atoms with Gasteiger partial charge in [-0.15, -0.1) is 0 Å². The first-order valence-corrected chi connectivity index (χ1v) is 6.02. The molecule has 1 aromatic rings. The molecule has 0 aliphatic heterocycles. The fourth-order valence-electron chi connectivity index (χ4n) is 1.59. The van der Waals surface area contributed by atoms with E-state index in [1.54, 1.807) is 0 Å². The summed E-state index contributed by atoms with van der Waals surface area (Å²) in [5, 5.41) is 7.69. The fraction of sp³-hybridized carbons (Fsp3) is 0.750. The van der Waals surface area contributed by atoms with Crippen molar-refractivity contribution in [2.24, 2.45) is 7.05 Å². The monoisotopic (exact) mass is 225 g/mol. The van der Waals surface area contributed by atoms with Gasteiger partial charge < -0.3 is 10.1 Å². The van der Waals surface area contributed by atoms with E-state index in [0.717, 1.165) is 44.8 Å². The van der Waals surface area contributed by atoms with Gasteiger partial charge in [-0.25, -0.2) is 0 Å². The molecule has 0 unspecified atom stereocenters. The summed E-state index contributed by atoms with van der Waals surface area (Å²) in [6, 6.07) is 2.11. The Morgan fingerprint density at radius 1 is 1.44 bits per heavy atom. The Bertz CT molecular complexity index is 296. The van der Waals surface area contributed by atoms with Crippen LogP contribution in [0.1, 0.15) is 31.2 Å². The molecule has 4 nitrogen and oxygen atoms in total. The van der Waals surface area contributed by atoms with Crippen LogP contribution in [0, 0.1) is 6.92 Å². The number of aromatic nitrogens is 2. The van der Waals surface area contributed by atoms with E-state index in [9.17, 15) is 0 Å². The van der Waals surface area contributed by atoms with Gasteiger partial charge in [0.05, 0.1) is 11.4 Å². The van der Waals surface area contributed by atoms with E-state index in [2.05, 4.69) is 23.4 Å². The molecule has 1 heterocycles. The fourth-order valence-corrected chi connectivity index (χ4v) is 1.59. The molecule has 1 N–H and O–H groups in total. The van der Waals surface area contributed by atoms with Crippen LogP contribution in [-0.4, -0.2) is 29.5 Å². The van der Waals surface area contributed by atoms with E-state index in [4.69, 9.17) is 4.74 Å². The number of nitrogens with zero attached hydrogens (tertiary/aromatic N) is 2. The molecule has 0 atom stereocenters. The van der Waals surface area contributed by atoms with Crippen molar-refractivity contribution in [1.29, 1.82) is 0 Å². The first-order chi connectivity index (χ1) is 7.74. The van der Waals surface area contributed by atoms with E-state index in [1.807, 2.05) is 18.7 Å². The van der Waals surface area contributed by atoms with Gasteiger partial charge in [-0.2, -0.15) is 5.10 Å². The number of nitrogens with one attached hydrogen (secondary N) is 1. The van der Waals surface area contributed by atoms with Crippen molar-refractivity contribution in [3.8, 4) is 0 Å². The molecule has 1 aromatic heterocycles. The average Bonchev–Trinajstić information content (AvgIpc) is 2.56. The second-order valence-electron chi connectivity index (χ2n) is 4.04. The van der Waals surface area contributed by atoms with Crippen LogP contribution in [0.4, 0.5) is 0 Å². The number of ether oxygens (including phenoxy) is 1. The smallest absolute Gasteiger partial charge is 0.0597 e. The number of hydrogen-bond donors (Lipinski definition) is 1. The summed E-state index contributed by atoms with van der Waals surface area (Å²) in [6.45, 7) is 7.75. The molecule has 0 fully saturated rings. The van der Waals surface area contributed by atoms with Gasteiger partial charge in [0.1, 0.15) is 0 Å². The summed E-state index contributed by atoms with van der Waals surface area (Å²) in [5.41, 5.74) is 2.30. The Morgan fingerprint density at radius 2 is 2.25 bits per heavy atom. The molecule has 0 aromatic carbocycles. The highest BCUT2D eigenvalue weighted by atomic mass is 16.5. The van der Waals surface area contributed by atoms with Crippen molar-refractivity contribution in [3.63, 3.8) is 0 Å². The molecule has 0 saturated carbocycles. The van der Waals surface area contributed by atoms with E-state index >= 15 is 0 Å². The molecule has 16 heavy (non-hydrogen) atoms. The predicted molar refractivity (Wildman–Crippen MR) is 65.4 cm³/mol. The van der Waals surface area contributed by atoms with Crippen molar-refractivity contribution >= 4 is 0 Å². The Hall–Kier alpha value is -0.870. The van der Waals surface area contributed by atoms with Gasteiger partial charge in [0.25, 0.3) is 0 Å². The van der Waals surface area contributed by atoms with Crippen molar-refractivity contribution in [3.05, 3.63) is 17.5 Å². The Balaban J connectivity index is 2.05.